The molecule has 140 valence electrons. The first-order chi connectivity index (χ1) is 13.5. The number of halogens is 1. The summed E-state index contributed by atoms with van der Waals surface area (Å²) in [6, 6.07) is 16.4. The molecule has 2 aromatic heterocycles. The summed E-state index contributed by atoms with van der Waals surface area (Å²) in [5.41, 5.74) is 1.96. The van der Waals surface area contributed by atoms with Crippen molar-refractivity contribution >= 4 is 27.0 Å². The Morgan fingerprint density at radius 1 is 0.929 bits per heavy atom. The van der Waals surface area contributed by atoms with Gasteiger partial charge in [0.2, 0.25) is 0 Å². The summed E-state index contributed by atoms with van der Waals surface area (Å²) in [6.07, 6.45) is 2.79. The van der Waals surface area contributed by atoms with E-state index in [4.69, 9.17) is 0 Å². The van der Waals surface area contributed by atoms with Crippen LogP contribution in [-0.4, -0.2) is 18.4 Å². The lowest BCUT2D eigenvalue weighted by Gasteiger charge is -2.11. The Bertz CT molecular complexity index is 1220. The summed E-state index contributed by atoms with van der Waals surface area (Å²) in [5.74, 6) is -0.353. The Morgan fingerprint density at radius 3 is 2.43 bits per heavy atom. The Hall–Kier alpha value is -3.10. The minimum Gasteiger partial charge on any atom is -0.279 e. The van der Waals surface area contributed by atoms with E-state index in [0.717, 1.165) is 0 Å². The number of nitrogens with one attached hydrogen (secondary N) is 1. The Labute approximate surface area is 165 Å². The Kier molecular flexibility index (Phi) is 4.89. The second-order valence-corrected chi connectivity index (χ2v) is 8.40. The van der Waals surface area contributed by atoms with Crippen molar-refractivity contribution in [1.29, 1.82) is 0 Å². The van der Waals surface area contributed by atoms with Crippen LogP contribution in [0, 0.1) is 5.82 Å². The predicted octanol–water partition coefficient (Wildman–Crippen LogP) is 4.81. The lowest BCUT2D eigenvalue weighted by Crippen LogP contribution is -2.13. The molecule has 0 aliphatic carbocycles. The number of hydrogen-bond acceptors (Lipinski definition) is 5. The van der Waals surface area contributed by atoms with E-state index in [2.05, 4.69) is 14.7 Å². The molecule has 0 radical (unpaired) electrons. The highest BCUT2D eigenvalue weighted by Gasteiger charge is 2.18. The van der Waals surface area contributed by atoms with Crippen molar-refractivity contribution in [3.63, 3.8) is 0 Å². The molecule has 8 heteroatoms. The lowest BCUT2D eigenvalue weighted by molar-refractivity contribution is 0.601. The monoisotopic (exact) mass is 411 g/mol. The van der Waals surface area contributed by atoms with Crippen LogP contribution in [0.3, 0.4) is 0 Å². The fourth-order valence-corrected chi connectivity index (χ4v) is 4.55. The number of para-hydroxylation sites is 1. The molecule has 2 aromatic carbocycles. The van der Waals surface area contributed by atoms with Crippen molar-refractivity contribution in [1.82, 2.24) is 9.97 Å². The summed E-state index contributed by atoms with van der Waals surface area (Å²) >= 11 is 1.30. The maximum absolute atomic E-state index is 14.0. The maximum Gasteiger partial charge on any atom is 0.263 e. The van der Waals surface area contributed by atoms with E-state index in [9.17, 15) is 12.8 Å². The van der Waals surface area contributed by atoms with E-state index in [0.29, 0.717) is 27.5 Å². The minimum absolute atomic E-state index is 0.0649. The molecule has 4 aromatic rings. The van der Waals surface area contributed by atoms with E-state index in [1.54, 1.807) is 53.9 Å². The smallest absolute Gasteiger partial charge is 0.263 e. The molecule has 0 aliphatic rings. The number of nitrogens with zero attached hydrogens (tertiary/aromatic N) is 2. The molecule has 28 heavy (non-hydrogen) atoms. The van der Waals surface area contributed by atoms with Crippen LogP contribution in [0.25, 0.3) is 21.8 Å². The van der Waals surface area contributed by atoms with Crippen LogP contribution in [0.15, 0.2) is 83.3 Å². The van der Waals surface area contributed by atoms with Crippen molar-refractivity contribution in [2.45, 2.75) is 4.90 Å². The molecule has 0 unspecified atom stereocenters. The molecule has 0 saturated carbocycles. The van der Waals surface area contributed by atoms with E-state index >= 15 is 0 Å². The molecule has 4 rings (SSSR count). The number of hydrogen-bond donors (Lipinski definition) is 1. The molecule has 0 atom stereocenters. The van der Waals surface area contributed by atoms with Gasteiger partial charge in [-0.05, 0) is 30.3 Å². The average molecular weight is 411 g/mol. The van der Waals surface area contributed by atoms with Gasteiger partial charge in [0, 0.05) is 28.9 Å². The van der Waals surface area contributed by atoms with Crippen molar-refractivity contribution in [3.8, 4) is 21.8 Å². The standard InChI is InChI=1S/C20H14FN3O2S2/c21-17-9-3-1-7-15(17)20-23-19(13-27-20)16-8-2-4-10-18(16)24-28(25,26)14-6-5-11-22-12-14/h1-13,24H. The molecular formula is C20H14FN3O2S2. The van der Waals surface area contributed by atoms with Gasteiger partial charge in [-0.3, -0.25) is 9.71 Å². The van der Waals surface area contributed by atoms with Gasteiger partial charge in [-0.15, -0.1) is 11.3 Å². The number of sulfonamides is 1. The summed E-state index contributed by atoms with van der Waals surface area (Å²) in [4.78, 5) is 8.42. The van der Waals surface area contributed by atoms with Gasteiger partial charge in [0.05, 0.1) is 11.4 Å². The first-order valence-corrected chi connectivity index (χ1v) is 10.6. The lowest BCUT2D eigenvalue weighted by atomic mass is 10.1. The van der Waals surface area contributed by atoms with E-state index < -0.39 is 10.0 Å². The average Bonchev–Trinajstić information content (AvgIpc) is 3.19. The largest absolute Gasteiger partial charge is 0.279 e. The number of rotatable bonds is 5. The molecule has 0 fully saturated rings. The van der Waals surface area contributed by atoms with Gasteiger partial charge in [0.15, 0.2) is 0 Å². The minimum atomic E-state index is -3.79. The van der Waals surface area contributed by atoms with Gasteiger partial charge in [-0.1, -0.05) is 30.3 Å². The third kappa shape index (κ3) is 3.64. The molecule has 0 amide bonds. The number of aromatic nitrogens is 2. The fraction of sp³-hybridized carbons (Fsp3) is 0. The number of pyridine rings is 1. The molecule has 0 saturated heterocycles. The summed E-state index contributed by atoms with van der Waals surface area (Å²) in [5, 5.41) is 2.30. The van der Waals surface area contributed by atoms with Crippen molar-refractivity contribution in [2.24, 2.45) is 0 Å². The van der Waals surface area contributed by atoms with Crippen LogP contribution in [0.2, 0.25) is 0 Å². The SMILES string of the molecule is O=S(=O)(Nc1ccccc1-c1csc(-c2ccccc2F)n1)c1cccnc1. The molecule has 0 bridgehead atoms. The molecular weight excluding hydrogens is 397 g/mol. The first-order valence-electron chi connectivity index (χ1n) is 8.27. The van der Waals surface area contributed by atoms with Gasteiger partial charge in [-0.2, -0.15) is 0 Å². The van der Waals surface area contributed by atoms with Crippen LogP contribution in [0.5, 0.6) is 0 Å². The van der Waals surface area contributed by atoms with E-state index in [-0.39, 0.29) is 10.7 Å². The molecule has 0 aliphatic heterocycles. The Balaban J connectivity index is 1.71. The number of anilines is 1. The summed E-state index contributed by atoms with van der Waals surface area (Å²) in [6.45, 7) is 0. The first kappa shape index (κ1) is 18.3. The zero-order valence-electron chi connectivity index (χ0n) is 14.4. The van der Waals surface area contributed by atoms with Crippen molar-refractivity contribution in [3.05, 3.63) is 84.3 Å². The zero-order valence-corrected chi connectivity index (χ0v) is 16.0. The maximum atomic E-state index is 14.0. The fourth-order valence-electron chi connectivity index (χ4n) is 2.66. The third-order valence-electron chi connectivity index (χ3n) is 4.00. The Morgan fingerprint density at radius 2 is 1.68 bits per heavy atom. The van der Waals surface area contributed by atoms with E-state index in [1.807, 2.05) is 0 Å². The molecule has 0 spiro atoms. The van der Waals surface area contributed by atoms with Crippen LogP contribution >= 0.6 is 11.3 Å². The summed E-state index contributed by atoms with van der Waals surface area (Å²) < 4.78 is 41.9. The summed E-state index contributed by atoms with van der Waals surface area (Å²) in [7, 11) is -3.79. The van der Waals surface area contributed by atoms with Crippen molar-refractivity contribution < 1.29 is 12.8 Å². The molecule has 2 heterocycles. The quantitative estimate of drug-likeness (QED) is 0.511. The highest BCUT2D eigenvalue weighted by Crippen LogP contribution is 2.34. The van der Waals surface area contributed by atoms with Crippen LogP contribution < -0.4 is 4.72 Å². The third-order valence-corrected chi connectivity index (χ3v) is 6.23. The highest BCUT2D eigenvalue weighted by molar-refractivity contribution is 7.92. The predicted molar refractivity (Wildman–Crippen MR) is 108 cm³/mol. The van der Waals surface area contributed by atoms with Gasteiger partial charge in [0.1, 0.15) is 15.7 Å². The van der Waals surface area contributed by atoms with E-state index in [1.165, 1.54) is 35.9 Å². The molecule has 1 N–H and O–H groups in total. The van der Waals surface area contributed by atoms with Crippen LogP contribution in [0.1, 0.15) is 0 Å². The van der Waals surface area contributed by atoms with Crippen LogP contribution in [-0.2, 0) is 10.0 Å². The van der Waals surface area contributed by atoms with Gasteiger partial charge in [0.25, 0.3) is 10.0 Å². The van der Waals surface area contributed by atoms with Crippen LogP contribution in [0.4, 0.5) is 10.1 Å². The van der Waals surface area contributed by atoms with Gasteiger partial charge in [-0.25, -0.2) is 17.8 Å². The normalized spacial score (nSPS) is 11.3. The topological polar surface area (TPSA) is 72.0 Å². The van der Waals surface area contributed by atoms with Gasteiger partial charge < -0.3 is 0 Å². The van der Waals surface area contributed by atoms with Gasteiger partial charge >= 0.3 is 0 Å². The zero-order chi connectivity index (χ0) is 19.6. The number of benzene rings is 2. The highest BCUT2D eigenvalue weighted by atomic mass is 32.2. The van der Waals surface area contributed by atoms with Crippen molar-refractivity contribution in [2.75, 3.05) is 4.72 Å². The second-order valence-electron chi connectivity index (χ2n) is 5.86. The number of thiazole rings is 1. The molecule has 5 nitrogen and oxygen atoms in total. The second kappa shape index (κ2) is 7.49.